The number of nitrogens with zero attached hydrogens (tertiary/aromatic N) is 4. The molecular weight excluding hydrogens is 515 g/mol. The highest BCUT2D eigenvalue weighted by Gasteiger charge is 2.21. The van der Waals surface area contributed by atoms with Crippen LogP contribution in [0.15, 0.2) is 53.8 Å². The summed E-state index contributed by atoms with van der Waals surface area (Å²) in [7, 11) is 3.54. The van der Waals surface area contributed by atoms with Crippen molar-refractivity contribution < 1.29 is 4.74 Å². The quantitative estimate of drug-likeness (QED) is 0.280. The maximum absolute atomic E-state index is 5.38. The van der Waals surface area contributed by atoms with Crippen molar-refractivity contribution in [2.24, 2.45) is 4.99 Å². The van der Waals surface area contributed by atoms with Crippen LogP contribution < -0.4 is 20.3 Å². The molecule has 1 saturated heterocycles. The van der Waals surface area contributed by atoms with Crippen LogP contribution in [-0.4, -0.2) is 55.2 Å². The van der Waals surface area contributed by atoms with Crippen molar-refractivity contribution in [1.29, 1.82) is 0 Å². The first-order valence-corrected chi connectivity index (χ1v) is 11.0. The highest BCUT2D eigenvalue weighted by Crippen LogP contribution is 2.24. The zero-order valence-corrected chi connectivity index (χ0v) is 21.4. The number of piperidine rings is 1. The van der Waals surface area contributed by atoms with E-state index in [1.165, 1.54) is 11.3 Å². The minimum Gasteiger partial charge on any atom is -0.497 e. The summed E-state index contributed by atoms with van der Waals surface area (Å²) in [5, 5.41) is 7.04. The molecule has 7 nitrogen and oxygen atoms in total. The lowest BCUT2D eigenvalue weighted by Crippen LogP contribution is -2.51. The van der Waals surface area contributed by atoms with Crippen molar-refractivity contribution >= 4 is 41.3 Å². The van der Waals surface area contributed by atoms with Gasteiger partial charge in [-0.15, -0.1) is 24.0 Å². The molecule has 1 aromatic carbocycles. The number of imidazole rings is 1. The summed E-state index contributed by atoms with van der Waals surface area (Å²) in [5.41, 5.74) is 4.51. The zero-order chi connectivity index (χ0) is 21.6. The zero-order valence-electron chi connectivity index (χ0n) is 19.0. The number of benzene rings is 1. The molecule has 3 heterocycles. The van der Waals surface area contributed by atoms with E-state index >= 15 is 0 Å². The molecule has 1 atom stereocenters. The molecule has 0 spiro atoms. The second-order valence-electron chi connectivity index (χ2n) is 8.03. The molecule has 0 bridgehead atoms. The topological polar surface area (TPSA) is 66.2 Å². The Hall–Kier alpha value is -2.49. The summed E-state index contributed by atoms with van der Waals surface area (Å²) in [6.45, 7) is 4.88. The Kier molecular flexibility index (Phi) is 8.60. The van der Waals surface area contributed by atoms with Crippen LogP contribution in [0.2, 0.25) is 0 Å². The summed E-state index contributed by atoms with van der Waals surface area (Å²) < 4.78 is 7.47. The van der Waals surface area contributed by atoms with Crippen molar-refractivity contribution in [3.63, 3.8) is 0 Å². The Morgan fingerprint density at radius 2 is 2.16 bits per heavy atom. The van der Waals surface area contributed by atoms with Crippen LogP contribution in [0, 0.1) is 6.92 Å². The van der Waals surface area contributed by atoms with E-state index in [0.29, 0.717) is 6.04 Å². The lowest BCUT2D eigenvalue weighted by Gasteiger charge is -2.35. The number of ether oxygens (including phenoxy) is 1. The number of anilines is 1. The number of hydrogen-bond acceptors (Lipinski definition) is 4. The maximum atomic E-state index is 5.38. The van der Waals surface area contributed by atoms with Gasteiger partial charge in [-0.25, -0.2) is 4.98 Å². The van der Waals surface area contributed by atoms with Gasteiger partial charge in [-0.1, -0.05) is 12.1 Å². The van der Waals surface area contributed by atoms with Crippen molar-refractivity contribution in [2.45, 2.75) is 32.2 Å². The van der Waals surface area contributed by atoms with Crippen LogP contribution >= 0.6 is 24.0 Å². The number of hydrogen-bond donors (Lipinski definition) is 2. The number of rotatable bonds is 6. The van der Waals surface area contributed by atoms with Crippen LogP contribution in [0.4, 0.5) is 5.69 Å². The molecule has 2 N–H and O–H groups in total. The fraction of sp³-hybridized carbons (Fsp3) is 0.417. The number of aromatic nitrogens is 2. The van der Waals surface area contributed by atoms with E-state index in [-0.39, 0.29) is 24.0 Å². The predicted molar refractivity (Wildman–Crippen MR) is 142 cm³/mol. The Bertz CT molecular complexity index is 1050. The smallest absolute Gasteiger partial charge is 0.191 e. The summed E-state index contributed by atoms with van der Waals surface area (Å²) in [5.74, 6) is 1.74. The van der Waals surface area contributed by atoms with Gasteiger partial charge in [-0.2, -0.15) is 0 Å². The van der Waals surface area contributed by atoms with Crippen molar-refractivity contribution in [3.8, 4) is 5.75 Å². The molecule has 0 radical (unpaired) electrons. The van der Waals surface area contributed by atoms with Gasteiger partial charge >= 0.3 is 0 Å². The van der Waals surface area contributed by atoms with Crippen LogP contribution in [0.5, 0.6) is 5.75 Å². The first kappa shape index (κ1) is 24.2. The second-order valence-corrected chi connectivity index (χ2v) is 8.03. The largest absolute Gasteiger partial charge is 0.497 e. The Labute approximate surface area is 207 Å². The number of fused-ring (bicyclic) bond motifs is 1. The van der Waals surface area contributed by atoms with Crippen LogP contribution in [-0.2, 0) is 6.42 Å². The van der Waals surface area contributed by atoms with Crippen molar-refractivity contribution in [2.75, 3.05) is 38.7 Å². The van der Waals surface area contributed by atoms with Crippen LogP contribution in [0.3, 0.4) is 0 Å². The van der Waals surface area contributed by atoms with Gasteiger partial charge in [0.05, 0.1) is 12.8 Å². The number of methoxy groups -OCH3 is 1. The lowest BCUT2D eigenvalue weighted by atomic mass is 10.0. The standard InChI is InChI=1S/C24H32N6O.HI/c1-18-7-5-14-30-17-20(27-23(18)30)11-12-26-24(25-2)28-19-8-6-13-29(16-19)21-9-4-10-22(15-21)31-3;/h4-5,7,9-10,14-15,17,19H,6,8,11-13,16H2,1-3H3,(H2,25,26,28);1H. The maximum Gasteiger partial charge on any atom is 0.191 e. The fourth-order valence-electron chi connectivity index (χ4n) is 4.16. The first-order valence-electron chi connectivity index (χ1n) is 11.0. The molecule has 1 fully saturated rings. The molecule has 1 unspecified atom stereocenters. The molecule has 2 aromatic heterocycles. The van der Waals surface area contributed by atoms with Gasteiger partial charge < -0.3 is 24.7 Å². The van der Waals surface area contributed by atoms with Crippen LogP contribution in [0.1, 0.15) is 24.1 Å². The Balaban J connectivity index is 0.00000289. The highest BCUT2D eigenvalue weighted by atomic mass is 127. The van der Waals surface area contributed by atoms with Crippen molar-refractivity contribution in [1.82, 2.24) is 20.0 Å². The van der Waals surface area contributed by atoms with E-state index in [1.54, 1.807) is 7.11 Å². The van der Waals surface area contributed by atoms with Gasteiger partial charge in [0.1, 0.15) is 11.4 Å². The normalized spacial score (nSPS) is 16.5. The number of aryl methyl sites for hydroxylation is 1. The van der Waals surface area contributed by atoms with Gasteiger partial charge in [0, 0.05) is 63.3 Å². The third-order valence-electron chi connectivity index (χ3n) is 5.81. The van der Waals surface area contributed by atoms with Gasteiger partial charge in [-0.05, 0) is 43.5 Å². The Morgan fingerprint density at radius 3 is 2.94 bits per heavy atom. The number of pyridine rings is 1. The molecule has 172 valence electrons. The predicted octanol–water partition coefficient (Wildman–Crippen LogP) is 3.65. The molecule has 3 aromatic rings. The van der Waals surface area contributed by atoms with E-state index in [2.05, 4.69) is 62.3 Å². The number of guanidine groups is 1. The Morgan fingerprint density at radius 1 is 1.28 bits per heavy atom. The fourth-order valence-corrected chi connectivity index (χ4v) is 4.16. The monoisotopic (exact) mass is 548 g/mol. The number of halogens is 1. The SMILES string of the molecule is CN=C(NCCc1cn2cccc(C)c2n1)NC1CCCN(c2cccc(OC)c2)C1.I. The molecule has 8 heteroatoms. The lowest BCUT2D eigenvalue weighted by molar-refractivity contribution is 0.414. The minimum absolute atomic E-state index is 0. The average Bonchev–Trinajstić information content (AvgIpc) is 3.23. The molecule has 4 rings (SSSR count). The van der Waals surface area contributed by atoms with Gasteiger partial charge in [0.2, 0.25) is 0 Å². The summed E-state index contributed by atoms with van der Waals surface area (Å²) in [6, 6.07) is 12.8. The first-order chi connectivity index (χ1) is 15.2. The molecule has 32 heavy (non-hydrogen) atoms. The minimum atomic E-state index is 0. The molecule has 0 amide bonds. The number of nitrogens with one attached hydrogen (secondary N) is 2. The number of aliphatic imine (C=N–C) groups is 1. The van der Waals surface area contributed by atoms with E-state index in [1.807, 2.05) is 25.4 Å². The summed E-state index contributed by atoms with van der Waals surface area (Å²) in [4.78, 5) is 11.6. The van der Waals surface area contributed by atoms with Crippen LogP contribution in [0.25, 0.3) is 5.65 Å². The van der Waals surface area contributed by atoms with E-state index < -0.39 is 0 Å². The molecule has 0 saturated carbocycles. The summed E-state index contributed by atoms with van der Waals surface area (Å²) >= 11 is 0. The highest BCUT2D eigenvalue weighted by molar-refractivity contribution is 14.0. The van der Waals surface area contributed by atoms with E-state index in [9.17, 15) is 0 Å². The summed E-state index contributed by atoms with van der Waals surface area (Å²) in [6.07, 6.45) is 7.28. The molecular formula is C24H33IN6O. The molecule has 0 aliphatic carbocycles. The van der Waals surface area contributed by atoms with E-state index in [4.69, 9.17) is 9.72 Å². The average molecular weight is 548 g/mol. The second kappa shape index (κ2) is 11.4. The van der Waals surface area contributed by atoms with E-state index in [0.717, 1.165) is 61.9 Å². The molecule has 1 aliphatic heterocycles. The van der Waals surface area contributed by atoms with Gasteiger partial charge in [0.15, 0.2) is 5.96 Å². The van der Waals surface area contributed by atoms with Gasteiger partial charge in [0.25, 0.3) is 0 Å². The molecule has 1 aliphatic rings. The third kappa shape index (κ3) is 5.85. The van der Waals surface area contributed by atoms with Crippen molar-refractivity contribution in [3.05, 3.63) is 60.0 Å². The van der Waals surface area contributed by atoms with Gasteiger partial charge in [-0.3, -0.25) is 4.99 Å². The third-order valence-corrected chi connectivity index (χ3v) is 5.81.